The summed E-state index contributed by atoms with van der Waals surface area (Å²) in [7, 11) is 1.41. The van der Waals surface area contributed by atoms with Crippen LogP contribution in [0.15, 0.2) is 11.6 Å². The summed E-state index contributed by atoms with van der Waals surface area (Å²) in [5, 5.41) is 0. The van der Waals surface area contributed by atoms with Gasteiger partial charge < -0.3 is 4.74 Å². The summed E-state index contributed by atoms with van der Waals surface area (Å²) in [4.78, 5) is 11.5. The van der Waals surface area contributed by atoms with Crippen molar-refractivity contribution in [2.24, 2.45) is 11.3 Å². The third-order valence-electron chi connectivity index (χ3n) is 2.56. The van der Waals surface area contributed by atoms with Crippen LogP contribution in [-0.2, 0) is 9.53 Å². The zero-order valence-corrected chi connectivity index (χ0v) is 9.39. The van der Waals surface area contributed by atoms with E-state index in [4.69, 9.17) is 16.3 Å². The molecule has 0 bridgehead atoms. The molecule has 0 aromatic carbocycles. The smallest absolute Gasteiger partial charge is 0.312 e. The molecule has 0 rings (SSSR count). The van der Waals surface area contributed by atoms with E-state index in [1.165, 1.54) is 12.6 Å². The summed E-state index contributed by atoms with van der Waals surface area (Å²) in [5.41, 5.74) is 0.962. The number of esters is 1. The minimum Gasteiger partial charge on any atom is -0.469 e. The summed E-state index contributed by atoms with van der Waals surface area (Å²) >= 11 is 5.43. The van der Waals surface area contributed by atoms with Crippen LogP contribution in [0, 0.1) is 11.3 Å². The molecule has 2 nitrogen and oxygen atoms in total. The van der Waals surface area contributed by atoms with Crippen molar-refractivity contribution in [3.05, 3.63) is 11.6 Å². The number of hydrogen-bond donors (Lipinski definition) is 0. The van der Waals surface area contributed by atoms with Gasteiger partial charge >= 0.3 is 5.97 Å². The first kappa shape index (κ1) is 12.5. The molecule has 0 amide bonds. The Kier molecular flexibility index (Phi) is 5.07. The predicted molar refractivity (Wildman–Crippen MR) is 54.6 cm³/mol. The molecule has 0 aliphatic rings. The highest BCUT2D eigenvalue weighted by Crippen LogP contribution is 2.32. The van der Waals surface area contributed by atoms with E-state index in [1.807, 2.05) is 20.8 Å². The van der Waals surface area contributed by atoms with Crippen LogP contribution in [0.3, 0.4) is 0 Å². The number of carbonyl (C=O) groups is 1. The average Bonchev–Trinajstić information content (AvgIpc) is 2.12. The summed E-state index contributed by atoms with van der Waals surface area (Å²) in [6.07, 6.45) is 2.39. The SMILES string of the molecule is COC(=O)[C@@](C)(CC=CCl)C(C)C. The van der Waals surface area contributed by atoms with Gasteiger partial charge in [0.2, 0.25) is 0 Å². The molecule has 0 radical (unpaired) electrons. The zero-order chi connectivity index (χ0) is 10.5. The fourth-order valence-electron chi connectivity index (χ4n) is 1.08. The van der Waals surface area contributed by atoms with Gasteiger partial charge in [-0.1, -0.05) is 31.5 Å². The molecule has 76 valence electrons. The van der Waals surface area contributed by atoms with Crippen LogP contribution in [0.5, 0.6) is 0 Å². The van der Waals surface area contributed by atoms with Crippen LogP contribution in [0.25, 0.3) is 0 Å². The first-order chi connectivity index (χ1) is 5.99. The molecule has 13 heavy (non-hydrogen) atoms. The maximum absolute atomic E-state index is 11.5. The van der Waals surface area contributed by atoms with Crippen molar-refractivity contribution in [1.29, 1.82) is 0 Å². The second-order valence-corrected chi connectivity index (χ2v) is 3.88. The Balaban J connectivity index is 4.62. The number of methoxy groups -OCH3 is 1. The molecule has 0 N–H and O–H groups in total. The normalized spacial score (nSPS) is 16.2. The highest BCUT2D eigenvalue weighted by molar-refractivity contribution is 6.25. The largest absolute Gasteiger partial charge is 0.469 e. The quantitative estimate of drug-likeness (QED) is 0.659. The first-order valence-corrected chi connectivity index (χ1v) is 4.76. The lowest BCUT2D eigenvalue weighted by Crippen LogP contribution is -2.33. The fourth-order valence-corrected chi connectivity index (χ4v) is 1.17. The first-order valence-electron chi connectivity index (χ1n) is 4.32. The van der Waals surface area contributed by atoms with Gasteiger partial charge in [0.05, 0.1) is 12.5 Å². The number of rotatable bonds is 4. The molecular weight excluding hydrogens is 188 g/mol. The Morgan fingerprint density at radius 1 is 1.62 bits per heavy atom. The van der Waals surface area contributed by atoms with Crippen molar-refractivity contribution in [2.45, 2.75) is 27.2 Å². The van der Waals surface area contributed by atoms with Gasteiger partial charge in [-0.05, 0) is 19.3 Å². The van der Waals surface area contributed by atoms with Gasteiger partial charge in [0.15, 0.2) is 0 Å². The maximum Gasteiger partial charge on any atom is 0.312 e. The van der Waals surface area contributed by atoms with E-state index in [2.05, 4.69) is 0 Å². The van der Waals surface area contributed by atoms with Gasteiger partial charge in [-0.3, -0.25) is 4.79 Å². The van der Waals surface area contributed by atoms with Crippen LogP contribution in [0.1, 0.15) is 27.2 Å². The average molecular weight is 205 g/mol. The van der Waals surface area contributed by atoms with E-state index in [-0.39, 0.29) is 11.9 Å². The molecule has 0 saturated heterocycles. The number of hydrogen-bond acceptors (Lipinski definition) is 2. The molecule has 0 saturated carbocycles. The second kappa shape index (κ2) is 5.28. The fraction of sp³-hybridized carbons (Fsp3) is 0.700. The lowest BCUT2D eigenvalue weighted by Gasteiger charge is -2.29. The van der Waals surface area contributed by atoms with Crippen LogP contribution in [0.4, 0.5) is 0 Å². The van der Waals surface area contributed by atoms with Gasteiger partial charge in [-0.2, -0.15) is 0 Å². The minimum atomic E-state index is -0.472. The van der Waals surface area contributed by atoms with Crippen molar-refractivity contribution >= 4 is 17.6 Å². The molecular formula is C10H17ClO2. The molecule has 1 atom stereocenters. The van der Waals surface area contributed by atoms with Crippen molar-refractivity contribution in [3.63, 3.8) is 0 Å². The Bertz CT molecular complexity index is 199. The van der Waals surface area contributed by atoms with Gasteiger partial charge in [0.25, 0.3) is 0 Å². The molecule has 0 heterocycles. The topological polar surface area (TPSA) is 26.3 Å². The van der Waals surface area contributed by atoms with E-state index >= 15 is 0 Å². The van der Waals surface area contributed by atoms with E-state index in [1.54, 1.807) is 6.08 Å². The van der Waals surface area contributed by atoms with E-state index < -0.39 is 5.41 Å². The predicted octanol–water partition coefficient (Wildman–Crippen LogP) is 2.96. The number of allylic oxidation sites excluding steroid dienone is 1. The van der Waals surface area contributed by atoms with Crippen LogP contribution in [0.2, 0.25) is 0 Å². The lowest BCUT2D eigenvalue weighted by molar-refractivity contribution is -0.154. The van der Waals surface area contributed by atoms with Crippen molar-refractivity contribution in [3.8, 4) is 0 Å². The highest BCUT2D eigenvalue weighted by Gasteiger charge is 2.36. The Hall–Kier alpha value is -0.500. The summed E-state index contributed by atoms with van der Waals surface area (Å²) in [6, 6.07) is 0. The molecule has 0 aliphatic heterocycles. The highest BCUT2D eigenvalue weighted by atomic mass is 35.5. The molecule has 0 aromatic heterocycles. The summed E-state index contributed by atoms with van der Waals surface area (Å²) in [6.45, 7) is 5.89. The van der Waals surface area contributed by atoms with Crippen molar-refractivity contribution in [1.82, 2.24) is 0 Å². The molecule has 0 aliphatic carbocycles. The Morgan fingerprint density at radius 3 is 2.46 bits per heavy atom. The summed E-state index contributed by atoms with van der Waals surface area (Å²) < 4.78 is 4.76. The van der Waals surface area contributed by atoms with E-state index in [0.717, 1.165) is 0 Å². The summed E-state index contributed by atoms with van der Waals surface area (Å²) in [5.74, 6) is 0.0464. The number of carbonyl (C=O) groups excluding carboxylic acids is 1. The zero-order valence-electron chi connectivity index (χ0n) is 8.63. The van der Waals surface area contributed by atoms with Crippen molar-refractivity contribution in [2.75, 3.05) is 7.11 Å². The van der Waals surface area contributed by atoms with E-state index in [0.29, 0.717) is 6.42 Å². The molecule has 0 unspecified atom stereocenters. The third-order valence-corrected chi connectivity index (χ3v) is 2.74. The van der Waals surface area contributed by atoms with Gasteiger partial charge in [-0.15, -0.1) is 0 Å². The van der Waals surface area contributed by atoms with E-state index in [9.17, 15) is 4.79 Å². The lowest BCUT2D eigenvalue weighted by atomic mass is 9.76. The molecule has 3 heteroatoms. The van der Waals surface area contributed by atoms with Crippen LogP contribution in [-0.4, -0.2) is 13.1 Å². The minimum absolute atomic E-state index is 0.183. The van der Waals surface area contributed by atoms with Crippen molar-refractivity contribution < 1.29 is 9.53 Å². The monoisotopic (exact) mass is 204 g/mol. The Labute approximate surface area is 84.9 Å². The third kappa shape index (κ3) is 3.03. The maximum atomic E-state index is 11.5. The second-order valence-electron chi connectivity index (χ2n) is 3.63. The molecule has 0 aromatic rings. The Morgan fingerprint density at radius 2 is 2.15 bits per heavy atom. The standard InChI is InChI=1S/C10H17ClO2/c1-8(2)10(3,6-5-7-11)9(12)13-4/h5,7-8H,6H2,1-4H3/t10-/m0/s1. The van der Waals surface area contributed by atoms with Gasteiger partial charge in [-0.25, -0.2) is 0 Å². The molecule has 0 spiro atoms. The van der Waals surface area contributed by atoms with Gasteiger partial charge in [0.1, 0.15) is 0 Å². The van der Waals surface area contributed by atoms with Gasteiger partial charge in [0, 0.05) is 5.54 Å². The number of halogens is 1. The molecule has 0 fully saturated rings. The van der Waals surface area contributed by atoms with Crippen LogP contribution >= 0.6 is 11.6 Å². The van der Waals surface area contributed by atoms with Crippen LogP contribution < -0.4 is 0 Å². The number of ether oxygens (including phenoxy) is 1.